The highest BCUT2D eigenvalue weighted by Crippen LogP contribution is 2.40. The molecule has 0 bridgehead atoms. The summed E-state index contributed by atoms with van der Waals surface area (Å²) >= 11 is 0. The molecule has 0 fully saturated rings. The van der Waals surface area contributed by atoms with Gasteiger partial charge in [0.05, 0.1) is 16.7 Å². The summed E-state index contributed by atoms with van der Waals surface area (Å²) in [5.74, 6) is 0.906. The lowest BCUT2D eigenvalue weighted by atomic mass is 10.0. The van der Waals surface area contributed by atoms with Gasteiger partial charge in [0.25, 0.3) is 0 Å². The zero-order valence-electron chi connectivity index (χ0n) is 28.4. The van der Waals surface area contributed by atoms with Crippen LogP contribution in [0.1, 0.15) is 0 Å². The fraction of sp³-hybridized carbons (Fsp3) is 0. The van der Waals surface area contributed by atoms with E-state index >= 15 is 0 Å². The maximum Gasteiger partial charge on any atom is 0.138 e. The molecule has 0 aliphatic heterocycles. The van der Waals surface area contributed by atoms with Crippen LogP contribution in [0.2, 0.25) is 0 Å². The summed E-state index contributed by atoms with van der Waals surface area (Å²) in [7, 11) is 0. The minimum Gasteiger partial charge on any atom is -0.310 e. The van der Waals surface area contributed by atoms with Gasteiger partial charge >= 0.3 is 0 Å². The molecule has 0 spiro atoms. The van der Waals surface area contributed by atoms with Gasteiger partial charge in [-0.2, -0.15) is 0 Å². The number of nitrogens with zero attached hydrogens (tertiary/aromatic N) is 3. The van der Waals surface area contributed by atoms with Gasteiger partial charge in [0.15, 0.2) is 0 Å². The number of hydrogen-bond donors (Lipinski definition) is 0. The van der Waals surface area contributed by atoms with Gasteiger partial charge in [0, 0.05) is 33.4 Å². The molecule has 0 aliphatic rings. The molecule has 244 valence electrons. The van der Waals surface area contributed by atoms with Crippen LogP contribution in [0, 0.1) is 0 Å². The largest absolute Gasteiger partial charge is 0.310 e. The first-order valence-corrected chi connectivity index (χ1v) is 17.7. The van der Waals surface area contributed by atoms with Gasteiger partial charge in [-0.15, -0.1) is 0 Å². The van der Waals surface area contributed by atoms with Gasteiger partial charge in [0.1, 0.15) is 5.82 Å². The highest BCUT2D eigenvalue weighted by atomic mass is 15.1. The average Bonchev–Trinajstić information content (AvgIpc) is 3.57. The second-order valence-electron chi connectivity index (χ2n) is 13.2. The number of aromatic nitrogens is 2. The summed E-state index contributed by atoms with van der Waals surface area (Å²) < 4.78 is 2.31. The summed E-state index contributed by atoms with van der Waals surface area (Å²) in [5, 5.41) is 5.07. The molecule has 10 aromatic rings. The van der Waals surface area contributed by atoms with Crippen LogP contribution in [0.25, 0.3) is 71.9 Å². The predicted octanol–water partition coefficient (Wildman–Crippen LogP) is 13.2. The number of benzene rings is 8. The molecule has 0 N–H and O–H groups in total. The van der Waals surface area contributed by atoms with Crippen molar-refractivity contribution in [1.29, 1.82) is 0 Å². The second-order valence-corrected chi connectivity index (χ2v) is 13.2. The summed E-state index contributed by atoms with van der Waals surface area (Å²) in [4.78, 5) is 7.65. The smallest absolute Gasteiger partial charge is 0.138 e. The van der Waals surface area contributed by atoms with Gasteiger partial charge < -0.3 is 4.90 Å². The van der Waals surface area contributed by atoms with Crippen LogP contribution in [0.4, 0.5) is 17.1 Å². The van der Waals surface area contributed by atoms with Crippen LogP contribution in [0.5, 0.6) is 0 Å². The van der Waals surface area contributed by atoms with Crippen molar-refractivity contribution in [3.05, 3.63) is 200 Å². The Balaban J connectivity index is 1.08. The molecule has 0 amide bonds. The van der Waals surface area contributed by atoms with E-state index in [0.717, 1.165) is 34.1 Å². The third kappa shape index (κ3) is 5.10. The second kappa shape index (κ2) is 12.4. The fourth-order valence-electron chi connectivity index (χ4n) is 7.69. The van der Waals surface area contributed by atoms with Crippen molar-refractivity contribution in [1.82, 2.24) is 9.55 Å². The Bertz CT molecular complexity index is 2670. The molecule has 3 heteroatoms. The van der Waals surface area contributed by atoms with E-state index in [1.165, 1.54) is 54.8 Å². The quantitative estimate of drug-likeness (QED) is 0.158. The Hall–Kier alpha value is -6.97. The van der Waals surface area contributed by atoms with Crippen molar-refractivity contribution in [3.8, 4) is 39.3 Å². The van der Waals surface area contributed by atoms with Gasteiger partial charge in [0.2, 0.25) is 0 Å². The van der Waals surface area contributed by atoms with E-state index < -0.39 is 0 Å². The van der Waals surface area contributed by atoms with E-state index in [4.69, 9.17) is 4.98 Å². The Kier molecular flexibility index (Phi) is 7.14. The molecule has 0 aliphatic carbocycles. The Morgan fingerprint density at radius 1 is 0.346 bits per heavy atom. The van der Waals surface area contributed by atoms with Crippen molar-refractivity contribution in [2.24, 2.45) is 0 Å². The Morgan fingerprint density at radius 2 is 0.827 bits per heavy atom. The molecule has 2 heterocycles. The van der Waals surface area contributed by atoms with Crippen molar-refractivity contribution < 1.29 is 0 Å². The molecule has 2 aromatic heterocycles. The molecular weight excluding hydrogens is 631 g/mol. The molecule has 0 atom stereocenters. The summed E-state index contributed by atoms with van der Waals surface area (Å²) in [6.07, 6.45) is 0. The van der Waals surface area contributed by atoms with Crippen LogP contribution in [-0.4, -0.2) is 9.55 Å². The maximum absolute atomic E-state index is 5.33. The maximum atomic E-state index is 5.33. The minimum atomic E-state index is 0.906. The summed E-state index contributed by atoms with van der Waals surface area (Å²) in [6.45, 7) is 0. The minimum absolute atomic E-state index is 0.906. The van der Waals surface area contributed by atoms with Crippen molar-refractivity contribution in [2.45, 2.75) is 0 Å². The number of hydrogen-bond acceptors (Lipinski definition) is 2. The Morgan fingerprint density at radius 3 is 1.38 bits per heavy atom. The van der Waals surface area contributed by atoms with Crippen molar-refractivity contribution >= 4 is 49.6 Å². The SMILES string of the molecule is c1ccc(-c2ccc(N(c3ccc(-c4ccccc4)cc3)c3cccc(-c4cccc(-n5c6cccc7ccc8cccc5c8c76)n4)c3)cc2)cc1. The third-order valence-electron chi connectivity index (χ3n) is 10.2. The van der Waals surface area contributed by atoms with E-state index in [0.29, 0.717) is 0 Å². The van der Waals surface area contributed by atoms with Crippen LogP contribution in [0.3, 0.4) is 0 Å². The molecule has 0 saturated heterocycles. The van der Waals surface area contributed by atoms with Gasteiger partial charge in [-0.1, -0.05) is 140 Å². The predicted molar refractivity (Wildman–Crippen MR) is 218 cm³/mol. The first kappa shape index (κ1) is 29.9. The van der Waals surface area contributed by atoms with E-state index in [2.05, 4.69) is 210 Å². The molecule has 0 unspecified atom stereocenters. The van der Waals surface area contributed by atoms with E-state index in [9.17, 15) is 0 Å². The zero-order chi connectivity index (χ0) is 34.4. The summed E-state index contributed by atoms with van der Waals surface area (Å²) in [6, 6.07) is 71.4. The molecule has 0 radical (unpaired) electrons. The Labute approximate surface area is 302 Å². The number of rotatable bonds is 7. The molecule has 3 nitrogen and oxygen atoms in total. The molecule has 0 saturated carbocycles. The van der Waals surface area contributed by atoms with Crippen molar-refractivity contribution in [3.63, 3.8) is 0 Å². The topological polar surface area (TPSA) is 21.1 Å². The monoisotopic (exact) mass is 663 g/mol. The van der Waals surface area contributed by atoms with E-state index in [1.807, 2.05) is 0 Å². The fourth-order valence-corrected chi connectivity index (χ4v) is 7.69. The van der Waals surface area contributed by atoms with Gasteiger partial charge in [-0.25, -0.2) is 4.98 Å². The number of pyridine rings is 1. The van der Waals surface area contributed by atoms with E-state index in [-0.39, 0.29) is 0 Å². The lowest BCUT2D eigenvalue weighted by Gasteiger charge is -2.26. The molecule has 8 aromatic carbocycles. The van der Waals surface area contributed by atoms with Gasteiger partial charge in [-0.05, 0) is 93.7 Å². The highest BCUT2D eigenvalue weighted by Gasteiger charge is 2.18. The van der Waals surface area contributed by atoms with E-state index in [1.54, 1.807) is 0 Å². The highest BCUT2D eigenvalue weighted by molar-refractivity contribution is 6.24. The molecule has 52 heavy (non-hydrogen) atoms. The van der Waals surface area contributed by atoms with Crippen LogP contribution < -0.4 is 4.90 Å². The average molecular weight is 664 g/mol. The van der Waals surface area contributed by atoms with Gasteiger partial charge in [-0.3, -0.25) is 4.57 Å². The molecular formula is C49H33N3. The standard InChI is InChI=1S/C49H33N3/c1-3-11-34(12-4-1)36-25-29-41(30-26-36)51(42-31-27-37(28-32-42)35-13-5-2-6-14-35)43-18-7-17-40(33-43)44-19-10-22-47(50-44)52-45-20-8-15-38-23-24-39-16-9-21-46(52)49(39)48(38)45/h1-33H. The third-order valence-corrected chi connectivity index (χ3v) is 10.2. The van der Waals surface area contributed by atoms with Crippen LogP contribution >= 0.6 is 0 Å². The van der Waals surface area contributed by atoms with Crippen LogP contribution in [-0.2, 0) is 0 Å². The lowest BCUT2D eigenvalue weighted by Crippen LogP contribution is -2.10. The molecule has 10 rings (SSSR count). The van der Waals surface area contributed by atoms with Crippen LogP contribution in [0.15, 0.2) is 200 Å². The zero-order valence-corrected chi connectivity index (χ0v) is 28.4. The normalized spacial score (nSPS) is 11.5. The lowest BCUT2D eigenvalue weighted by molar-refractivity contribution is 1.08. The first-order chi connectivity index (χ1) is 25.8. The first-order valence-electron chi connectivity index (χ1n) is 17.7. The number of anilines is 3. The summed E-state index contributed by atoms with van der Waals surface area (Å²) in [5.41, 5.74) is 12.3. The van der Waals surface area contributed by atoms with Crippen molar-refractivity contribution in [2.75, 3.05) is 4.90 Å².